The van der Waals surface area contributed by atoms with Gasteiger partial charge in [-0.05, 0) is 48.2 Å². The minimum Gasteiger partial charge on any atom is -0.497 e. The first-order valence-electron chi connectivity index (χ1n) is 11.7. The third kappa shape index (κ3) is 6.73. The minimum atomic E-state index is -0.0279. The van der Waals surface area contributed by atoms with Crippen molar-refractivity contribution in [2.24, 2.45) is 5.92 Å². The molecule has 0 fully saturated rings. The number of carbonyl (C=O) groups is 1. The molecule has 0 radical (unpaired) electrons. The molecule has 0 unspecified atom stereocenters. The summed E-state index contributed by atoms with van der Waals surface area (Å²) in [6.07, 6.45) is 2.18. The number of carbonyl (C=O) groups excluding carboxylic acids is 1. The molecule has 3 rings (SSSR count). The lowest BCUT2D eigenvalue weighted by Crippen LogP contribution is -2.27. The fraction of sp³-hybridized carbons (Fsp3) is 0.407. The number of methoxy groups -OCH3 is 2. The molecule has 0 saturated heterocycles. The number of nitrogens with one attached hydrogen (secondary N) is 1. The van der Waals surface area contributed by atoms with Crippen LogP contribution in [0.3, 0.4) is 0 Å². The van der Waals surface area contributed by atoms with Crippen LogP contribution in [0, 0.1) is 5.92 Å². The Bertz CT molecular complexity index is 1060. The molecule has 0 aliphatic heterocycles. The SMILES string of the molecule is CCCCN(Cc1ccc(C(=O)NCC(C)C)cc1)c1nc(-c2cc(OC)ccc2OC)cs1. The number of anilines is 1. The van der Waals surface area contributed by atoms with Gasteiger partial charge in [-0.15, -0.1) is 11.3 Å². The van der Waals surface area contributed by atoms with Crippen LogP contribution < -0.4 is 19.7 Å². The summed E-state index contributed by atoms with van der Waals surface area (Å²) in [4.78, 5) is 19.6. The van der Waals surface area contributed by atoms with Crippen LogP contribution in [-0.2, 0) is 6.54 Å². The maximum atomic E-state index is 12.3. The van der Waals surface area contributed by atoms with Crippen molar-refractivity contribution in [3.05, 3.63) is 59.0 Å². The molecule has 0 atom stereocenters. The standard InChI is InChI=1S/C27H35N3O3S/c1-6-7-14-30(17-20-8-10-21(11-9-20)26(31)28-16-19(2)3)27-29-24(18-34-27)23-15-22(32-4)12-13-25(23)33-5/h8-13,15,18-19H,6-7,14,16-17H2,1-5H3,(H,28,31). The lowest BCUT2D eigenvalue weighted by molar-refractivity contribution is 0.0949. The molecule has 34 heavy (non-hydrogen) atoms. The van der Waals surface area contributed by atoms with Crippen LogP contribution in [0.2, 0.25) is 0 Å². The van der Waals surface area contributed by atoms with Crippen LogP contribution in [0.15, 0.2) is 47.8 Å². The van der Waals surface area contributed by atoms with Gasteiger partial charge in [0.25, 0.3) is 5.91 Å². The second-order valence-electron chi connectivity index (χ2n) is 8.66. The van der Waals surface area contributed by atoms with Crippen LogP contribution in [-0.4, -0.2) is 38.2 Å². The molecule has 182 valence electrons. The van der Waals surface area contributed by atoms with Gasteiger partial charge < -0.3 is 19.7 Å². The Morgan fingerprint density at radius 1 is 1.12 bits per heavy atom. The van der Waals surface area contributed by atoms with Gasteiger partial charge in [0.2, 0.25) is 0 Å². The number of ether oxygens (including phenoxy) is 2. The quantitative estimate of drug-likeness (QED) is 0.343. The Hall–Kier alpha value is -3.06. The Balaban J connectivity index is 1.78. The lowest BCUT2D eigenvalue weighted by Gasteiger charge is -2.22. The largest absolute Gasteiger partial charge is 0.497 e. The zero-order valence-electron chi connectivity index (χ0n) is 20.8. The molecule has 2 aromatic carbocycles. The number of benzene rings is 2. The van der Waals surface area contributed by atoms with Crippen molar-refractivity contribution in [3.63, 3.8) is 0 Å². The highest BCUT2D eigenvalue weighted by atomic mass is 32.1. The monoisotopic (exact) mass is 481 g/mol. The van der Waals surface area contributed by atoms with E-state index in [4.69, 9.17) is 14.5 Å². The summed E-state index contributed by atoms with van der Waals surface area (Å²) in [5.41, 5.74) is 3.62. The van der Waals surface area contributed by atoms with Crippen LogP contribution in [0.25, 0.3) is 11.3 Å². The number of thiazole rings is 1. The molecule has 0 spiro atoms. The first kappa shape index (κ1) is 25.6. The molecular formula is C27H35N3O3S. The zero-order valence-corrected chi connectivity index (χ0v) is 21.6. The van der Waals surface area contributed by atoms with Crippen molar-refractivity contribution >= 4 is 22.4 Å². The summed E-state index contributed by atoms with van der Waals surface area (Å²) in [5, 5.41) is 6.00. The lowest BCUT2D eigenvalue weighted by atomic mass is 10.1. The normalized spacial score (nSPS) is 10.9. The third-order valence-electron chi connectivity index (χ3n) is 5.49. The van der Waals surface area contributed by atoms with Gasteiger partial charge in [-0.1, -0.05) is 39.3 Å². The third-order valence-corrected chi connectivity index (χ3v) is 6.39. The van der Waals surface area contributed by atoms with Crippen LogP contribution in [0.1, 0.15) is 49.5 Å². The first-order valence-corrected chi connectivity index (χ1v) is 12.6. The summed E-state index contributed by atoms with van der Waals surface area (Å²) in [7, 11) is 3.32. The van der Waals surface area contributed by atoms with E-state index < -0.39 is 0 Å². The van der Waals surface area contributed by atoms with Gasteiger partial charge >= 0.3 is 0 Å². The molecule has 1 aromatic heterocycles. The van der Waals surface area contributed by atoms with Gasteiger partial charge in [0, 0.05) is 36.1 Å². The summed E-state index contributed by atoms with van der Waals surface area (Å²) in [6, 6.07) is 13.6. The van der Waals surface area contributed by atoms with Crippen molar-refractivity contribution in [2.75, 3.05) is 32.2 Å². The molecule has 1 amide bonds. The summed E-state index contributed by atoms with van der Waals surface area (Å²) >= 11 is 1.63. The van der Waals surface area contributed by atoms with Gasteiger partial charge in [0.05, 0.1) is 19.9 Å². The minimum absolute atomic E-state index is 0.0279. The Kier molecular flexibility index (Phi) is 9.33. The number of hydrogen-bond donors (Lipinski definition) is 1. The number of hydrogen-bond acceptors (Lipinski definition) is 6. The molecule has 1 N–H and O–H groups in total. The summed E-state index contributed by atoms with van der Waals surface area (Å²) in [6.45, 7) is 8.68. The fourth-order valence-electron chi connectivity index (χ4n) is 3.52. The second-order valence-corrected chi connectivity index (χ2v) is 9.49. The van der Waals surface area contributed by atoms with Crippen molar-refractivity contribution in [2.45, 2.75) is 40.2 Å². The summed E-state index contributed by atoms with van der Waals surface area (Å²) < 4.78 is 10.9. The Morgan fingerprint density at radius 2 is 1.88 bits per heavy atom. The van der Waals surface area contributed by atoms with E-state index in [0.29, 0.717) is 18.0 Å². The van der Waals surface area contributed by atoms with E-state index in [0.717, 1.165) is 59.4 Å². The number of aromatic nitrogens is 1. The van der Waals surface area contributed by atoms with Crippen molar-refractivity contribution in [3.8, 4) is 22.8 Å². The molecule has 0 bridgehead atoms. The molecule has 6 nitrogen and oxygen atoms in total. The highest BCUT2D eigenvalue weighted by Gasteiger charge is 2.16. The maximum Gasteiger partial charge on any atom is 0.251 e. The molecule has 1 heterocycles. The van der Waals surface area contributed by atoms with Crippen molar-refractivity contribution < 1.29 is 14.3 Å². The molecule has 0 aliphatic rings. The van der Waals surface area contributed by atoms with Crippen LogP contribution in [0.4, 0.5) is 5.13 Å². The van der Waals surface area contributed by atoms with Gasteiger partial charge in [0.1, 0.15) is 11.5 Å². The highest BCUT2D eigenvalue weighted by Crippen LogP contribution is 2.36. The number of amides is 1. The van der Waals surface area contributed by atoms with Gasteiger partial charge in [-0.25, -0.2) is 4.98 Å². The van der Waals surface area contributed by atoms with E-state index in [1.54, 1.807) is 25.6 Å². The zero-order chi connectivity index (χ0) is 24.5. The Morgan fingerprint density at radius 3 is 2.53 bits per heavy atom. The van der Waals surface area contributed by atoms with Gasteiger partial charge in [-0.3, -0.25) is 4.79 Å². The Labute approximate surface area is 206 Å². The molecule has 3 aromatic rings. The molecule has 0 aliphatic carbocycles. The topological polar surface area (TPSA) is 63.7 Å². The van der Waals surface area contributed by atoms with Gasteiger partial charge in [0.15, 0.2) is 5.13 Å². The highest BCUT2D eigenvalue weighted by molar-refractivity contribution is 7.14. The van der Waals surface area contributed by atoms with Crippen molar-refractivity contribution in [1.29, 1.82) is 0 Å². The second kappa shape index (κ2) is 12.4. The van der Waals surface area contributed by atoms with Crippen molar-refractivity contribution in [1.82, 2.24) is 10.3 Å². The van der Waals surface area contributed by atoms with Gasteiger partial charge in [-0.2, -0.15) is 0 Å². The maximum absolute atomic E-state index is 12.3. The van der Waals surface area contributed by atoms with Crippen LogP contribution >= 0.6 is 11.3 Å². The van der Waals surface area contributed by atoms with E-state index in [1.807, 2.05) is 42.5 Å². The van der Waals surface area contributed by atoms with Crippen LogP contribution in [0.5, 0.6) is 11.5 Å². The molecular weight excluding hydrogens is 446 g/mol. The number of unbranched alkanes of at least 4 members (excludes halogenated alkanes) is 1. The predicted octanol–water partition coefficient (Wildman–Crippen LogP) is 6.02. The van der Waals surface area contributed by atoms with E-state index in [2.05, 4.69) is 36.4 Å². The summed E-state index contributed by atoms with van der Waals surface area (Å²) in [5.74, 6) is 1.94. The van der Waals surface area contributed by atoms with E-state index >= 15 is 0 Å². The van der Waals surface area contributed by atoms with E-state index in [-0.39, 0.29) is 5.91 Å². The molecule has 0 saturated carbocycles. The average Bonchev–Trinajstić information content (AvgIpc) is 3.35. The number of nitrogens with zero attached hydrogens (tertiary/aromatic N) is 2. The predicted molar refractivity (Wildman–Crippen MR) is 140 cm³/mol. The van der Waals surface area contributed by atoms with E-state index in [9.17, 15) is 4.79 Å². The average molecular weight is 482 g/mol. The smallest absolute Gasteiger partial charge is 0.251 e. The fourth-order valence-corrected chi connectivity index (χ4v) is 4.37. The van der Waals surface area contributed by atoms with E-state index in [1.165, 1.54) is 0 Å². The number of rotatable bonds is 12. The first-order chi connectivity index (χ1) is 16.4. The molecule has 7 heteroatoms.